The van der Waals surface area contributed by atoms with Gasteiger partial charge in [-0.25, -0.2) is 0 Å². The highest BCUT2D eigenvalue weighted by Crippen LogP contribution is 2.33. The molecule has 3 rings (SSSR count). The molecule has 0 saturated heterocycles. The minimum Gasteiger partial charge on any atom is -0.458 e. The fourth-order valence-corrected chi connectivity index (χ4v) is 2.63. The number of aliphatic hydroxyl groups is 1. The SMILES string of the molecule is NCC(c1ccc(Cl)cc1)C(O)c1cc2ccccc2o1. The number of fused-ring (bicyclic) bond motifs is 1. The van der Waals surface area contributed by atoms with Gasteiger partial charge in [0.05, 0.1) is 0 Å². The van der Waals surface area contributed by atoms with Gasteiger partial charge in [0, 0.05) is 22.9 Å². The Bertz CT molecular complexity index is 703. The molecule has 1 heterocycles. The van der Waals surface area contributed by atoms with Gasteiger partial charge in [-0.2, -0.15) is 0 Å². The van der Waals surface area contributed by atoms with Crippen LogP contribution < -0.4 is 5.73 Å². The maximum Gasteiger partial charge on any atom is 0.134 e. The van der Waals surface area contributed by atoms with E-state index in [9.17, 15) is 5.11 Å². The summed E-state index contributed by atoms with van der Waals surface area (Å²) in [5.74, 6) is 0.296. The van der Waals surface area contributed by atoms with Gasteiger partial charge in [-0.1, -0.05) is 41.9 Å². The Morgan fingerprint density at radius 3 is 2.48 bits per heavy atom. The van der Waals surface area contributed by atoms with Crippen molar-refractivity contribution < 1.29 is 9.52 Å². The van der Waals surface area contributed by atoms with Crippen molar-refractivity contribution in [1.82, 2.24) is 0 Å². The molecule has 1 aromatic heterocycles. The first-order valence-corrected chi connectivity index (χ1v) is 7.19. The van der Waals surface area contributed by atoms with E-state index in [2.05, 4.69) is 0 Å². The molecule has 3 nitrogen and oxygen atoms in total. The first kappa shape index (κ1) is 14.1. The van der Waals surface area contributed by atoms with Gasteiger partial charge in [0.25, 0.3) is 0 Å². The minimum atomic E-state index is -0.788. The second-order valence-corrected chi connectivity index (χ2v) is 5.46. The van der Waals surface area contributed by atoms with Crippen LogP contribution in [0.2, 0.25) is 5.02 Å². The maximum atomic E-state index is 10.6. The number of nitrogens with two attached hydrogens (primary N) is 1. The monoisotopic (exact) mass is 301 g/mol. The molecule has 0 spiro atoms. The molecule has 2 atom stereocenters. The van der Waals surface area contributed by atoms with Crippen molar-refractivity contribution in [2.24, 2.45) is 5.73 Å². The zero-order chi connectivity index (χ0) is 14.8. The molecule has 0 aliphatic carbocycles. The van der Waals surface area contributed by atoms with Gasteiger partial charge in [-0.05, 0) is 29.8 Å². The Balaban J connectivity index is 1.94. The second-order valence-electron chi connectivity index (χ2n) is 5.03. The third-order valence-corrected chi connectivity index (χ3v) is 3.92. The van der Waals surface area contributed by atoms with Crippen molar-refractivity contribution in [3.05, 3.63) is 70.9 Å². The van der Waals surface area contributed by atoms with Crippen molar-refractivity contribution in [3.63, 3.8) is 0 Å². The fourth-order valence-electron chi connectivity index (χ4n) is 2.50. The predicted octanol–water partition coefficient (Wildman–Crippen LogP) is 3.86. The lowest BCUT2D eigenvalue weighted by atomic mass is 9.92. The molecule has 0 bridgehead atoms. The van der Waals surface area contributed by atoms with E-state index < -0.39 is 6.10 Å². The van der Waals surface area contributed by atoms with Gasteiger partial charge < -0.3 is 15.3 Å². The van der Waals surface area contributed by atoms with E-state index in [4.69, 9.17) is 21.8 Å². The van der Waals surface area contributed by atoms with Crippen molar-refractivity contribution in [1.29, 1.82) is 0 Å². The minimum absolute atomic E-state index is 0.233. The van der Waals surface area contributed by atoms with Crippen LogP contribution in [0.15, 0.2) is 59.0 Å². The highest BCUT2D eigenvalue weighted by atomic mass is 35.5. The zero-order valence-corrected chi connectivity index (χ0v) is 12.1. The van der Waals surface area contributed by atoms with E-state index >= 15 is 0 Å². The van der Waals surface area contributed by atoms with Gasteiger partial charge >= 0.3 is 0 Å². The van der Waals surface area contributed by atoms with Crippen LogP contribution in [0.1, 0.15) is 23.3 Å². The largest absolute Gasteiger partial charge is 0.458 e. The van der Waals surface area contributed by atoms with Crippen LogP contribution in [0.4, 0.5) is 0 Å². The van der Waals surface area contributed by atoms with Crippen molar-refractivity contribution in [3.8, 4) is 0 Å². The molecule has 0 saturated carbocycles. The quantitative estimate of drug-likeness (QED) is 0.769. The van der Waals surface area contributed by atoms with Crippen LogP contribution in [0.25, 0.3) is 11.0 Å². The molecule has 108 valence electrons. The molecule has 3 aromatic rings. The van der Waals surface area contributed by atoms with Crippen molar-refractivity contribution in [2.45, 2.75) is 12.0 Å². The lowest BCUT2D eigenvalue weighted by molar-refractivity contribution is 0.124. The second kappa shape index (κ2) is 5.90. The summed E-state index contributed by atoms with van der Waals surface area (Å²) < 4.78 is 5.73. The van der Waals surface area contributed by atoms with Gasteiger partial charge in [-0.15, -0.1) is 0 Å². The average molecular weight is 302 g/mol. The fraction of sp³-hybridized carbons (Fsp3) is 0.176. The molecule has 2 unspecified atom stereocenters. The summed E-state index contributed by atoms with van der Waals surface area (Å²) in [5, 5.41) is 12.2. The number of hydrogen-bond acceptors (Lipinski definition) is 3. The standard InChI is InChI=1S/C17H16ClNO2/c18-13-7-5-11(6-8-13)14(10-19)17(20)16-9-12-3-1-2-4-15(12)21-16/h1-9,14,17,20H,10,19H2. The van der Waals surface area contributed by atoms with Gasteiger partial charge in [0.1, 0.15) is 17.4 Å². The molecule has 0 amide bonds. The average Bonchev–Trinajstić information content (AvgIpc) is 2.93. The van der Waals surface area contributed by atoms with E-state index in [0.29, 0.717) is 17.3 Å². The van der Waals surface area contributed by atoms with Crippen LogP contribution in [-0.2, 0) is 0 Å². The molecule has 0 aliphatic heterocycles. The molecule has 0 radical (unpaired) electrons. The number of benzene rings is 2. The molecule has 3 N–H and O–H groups in total. The normalized spacial score (nSPS) is 14.2. The lowest BCUT2D eigenvalue weighted by Gasteiger charge is -2.20. The Morgan fingerprint density at radius 1 is 1.10 bits per heavy atom. The highest BCUT2D eigenvalue weighted by Gasteiger charge is 2.24. The summed E-state index contributed by atoms with van der Waals surface area (Å²) in [6.07, 6.45) is -0.788. The van der Waals surface area contributed by atoms with Crippen LogP contribution in [0.3, 0.4) is 0 Å². The molecular weight excluding hydrogens is 286 g/mol. The van der Waals surface area contributed by atoms with Crippen LogP contribution in [0, 0.1) is 0 Å². The van der Waals surface area contributed by atoms with Gasteiger partial charge in [0.2, 0.25) is 0 Å². The summed E-state index contributed by atoms with van der Waals surface area (Å²) in [7, 11) is 0. The van der Waals surface area contributed by atoms with Crippen molar-refractivity contribution >= 4 is 22.6 Å². The van der Waals surface area contributed by atoms with E-state index in [0.717, 1.165) is 16.5 Å². The maximum absolute atomic E-state index is 10.6. The molecule has 21 heavy (non-hydrogen) atoms. The highest BCUT2D eigenvalue weighted by molar-refractivity contribution is 6.30. The third kappa shape index (κ3) is 2.81. The summed E-state index contributed by atoms with van der Waals surface area (Å²) in [6, 6.07) is 16.9. The number of para-hydroxylation sites is 1. The van der Waals surface area contributed by atoms with Gasteiger partial charge in [-0.3, -0.25) is 0 Å². The predicted molar refractivity (Wildman–Crippen MR) is 84.4 cm³/mol. The summed E-state index contributed by atoms with van der Waals surface area (Å²) in [4.78, 5) is 0. The van der Waals surface area contributed by atoms with E-state index in [1.807, 2.05) is 42.5 Å². The Labute approximate surface area is 127 Å². The molecule has 2 aromatic carbocycles. The number of rotatable bonds is 4. The lowest BCUT2D eigenvalue weighted by Crippen LogP contribution is -2.19. The van der Waals surface area contributed by atoms with Crippen molar-refractivity contribution in [2.75, 3.05) is 6.54 Å². The number of hydrogen-bond donors (Lipinski definition) is 2. The number of furan rings is 1. The number of aliphatic hydroxyl groups excluding tert-OH is 1. The smallest absolute Gasteiger partial charge is 0.134 e. The topological polar surface area (TPSA) is 59.4 Å². The Hall–Kier alpha value is -1.81. The molecule has 0 fully saturated rings. The third-order valence-electron chi connectivity index (χ3n) is 3.67. The van der Waals surface area contributed by atoms with E-state index in [1.54, 1.807) is 12.1 Å². The first-order valence-electron chi connectivity index (χ1n) is 6.81. The first-order chi connectivity index (χ1) is 10.2. The molecule has 0 aliphatic rings. The van der Waals surface area contributed by atoms with Gasteiger partial charge in [0.15, 0.2) is 0 Å². The zero-order valence-electron chi connectivity index (χ0n) is 11.4. The summed E-state index contributed by atoms with van der Waals surface area (Å²) >= 11 is 5.90. The van der Waals surface area contributed by atoms with Crippen LogP contribution >= 0.6 is 11.6 Å². The Kier molecular flexibility index (Phi) is 3.97. The summed E-state index contributed by atoms with van der Waals surface area (Å²) in [5.41, 5.74) is 7.54. The van der Waals surface area contributed by atoms with E-state index in [-0.39, 0.29) is 5.92 Å². The molecular formula is C17H16ClNO2. The van der Waals surface area contributed by atoms with Crippen LogP contribution in [-0.4, -0.2) is 11.7 Å². The molecule has 4 heteroatoms. The summed E-state index contributed by atoms with van der Waals surface area (Å²) in [6.45, 7) is 0.319. The van der Waals surface area contributed by atoms with E-state index in [1.165, 1.54) is 0 Å². The Morgan fingerprint density at radius 2 is 1.81 bits per heavy atom. The van der Waals surface area contributed by atoms with Crippen LogP contribution in [0.5, 0.6) is 0 Å². The number of halogens is 1.